The van der Waals surface area contributed by atoms with Crippen LogP contribution < -0.4 is 5.32 Å². The van der Waals surface area contributed by atoms with Crippen molar-refractivity contribution in [1.82, 2.24) is 5.32 Å². The van der Waals surface area contributed by atoms with Crippen LogP contribution in [-0.4, -0.2) is 30.1 Å². The van der Waals surface area contributed by atoms with Crippen LogP contribution in [0.25, 0.3) is 0 Å². The second-order valence-corrected chi connectivity index (χ2v) is 3.69. The van der Waals surface area contributed by atoms with Crippen LogP contribution in [0.1, 0.15) is 5.56 Å². The van der Waals surface area contributed by atoms with Crippen molar-refractivity contribution in [3.8, 4) is 0 Å². The first-order valence-electron chi connectivity index (χ1n) is 5.19. The Bertz CT molecular complexity index is 455. The molecule has 1 aliphatic rings. The van der Waals surface area contributed by atoms with Gasteiger partial charge in [-0.15, -0.1) is 0 Å². The molecule has 1 saturated heterocycles. The maximum atomic E-state index is 11.5. The molecule has 0 spiro atoms. The molecule has 0 amide bonds. The molecule has 2 rings (SSSR count). The molecule has 1 unspecified atom stereocenters. The first-order valence-corrected chi connectivity index (χ1v) is 5.19. The minimum atomic E-state index is -1.13. The Morgan fingerprint density at radius 3 is 2.59 bits per heavy atom. The summed E-state index contributed by atoms with van der Waals surface area (Å²) >= 11 is 0. The first kappa shape index (κ1) is 11.5. The largest absolute Gasteiger partial charge is 0.459 e. The highest BCUT2D eigenvalue weighted by molar-refractivity contribution is 6.45. The van der Waals surface area contributed by atoms with Gasteiger partial charge in [-0.25, -0.2) is 4.79 Å². The summed E-state index contributed by atoms with van der Waals surface area (Å²) in [5.74, 6) is -2.00. The van der Waals surface area contributed by atoms with Crippen LogP contribution in [0.4, 0.5) is 0 Å². The normalized spacial score (nSPS) is 19.4. The van der Waals surface area contributed by atoms with Gasteiger partial charge in [-0.2, -0.15) is 0 Å². The highest BCUT2D eigenvalue weighted by atomic mass is 16.5. The average Bonchev–Trinajstić information content (AvgIpc) is 2.69. The molecule has 0 bridgehead atoms. The van der Waals surface area contributed by atoms with E-state index in [1.165, 1.54) is 0 Å². The predicted octanol–water partition coefficient (Wildman–Crippen LogP) is -0.160. The summed E-state index contributed by atoms with van der Waals surface area (Å²) in [6.45, 7) is 0.00323. The van der Waals surface area contributed by atoms with Crippen molar-refractivity contribution in [3.05, 3.63) is 35.9 Å². The Morgan fingerprint density at radius 2 is 2.00 bits per heavy atom. The molecule has 5 nitrogen and oxygen atoms in total. The number of Topliss-reactive ketones (excluding diaryl/α,β-unsaturated/α-hetero) is 2. The third kappa shape index (κ3) is 2.57. The number of esters is 1. The van der Waals surface area contributed by atoms with Gasteiger partial charge in [-0.05, 0) is 5.56 Å². The molecule has 1 heterocycles. The molecular weight excluding hydrogens is 222 g/mol. The molecule has 1 aromatic carbocycles. The molecule has 1 fully saturated rings. The zero-order chi connectivity index (χ0) is 12.3. The van der Waals surface area contributed by atoms with Crippen molar-refractivity contribution in [2.45, 2.75) is 12.6 Å². The Labute approximate surface area is 97.8 Å². The van der Waals surface area contributed by atoms with Crippen LogP contribution in [0.3, 0.4) is 0 Å². The van der Waals surface area contributed by atoms with E-state index >= 15 is 0 Å². The Hall–Kier alpha value is -2.01. The summed E-state index contributed by atoms with van der Waals surface area (Å²) in [5, 5.41) is 2.52. The third-order valence-corrected chi connectivity index (χ3v) is 2.46. The van der Waals surface area contributed by atoms with E-state index in [0.29, 0.717) is 0 Å². The van der Waals surface area contributed by atoms with E-state index in [2.05, 4.69) is 5.32 Å². The lowest BCUT2D eigenvalue weighted by Gasteiger charge is -2.08. The fourth-order valence-corrected chi connectivity index (χ4v) is 1.54. The van der Waals surface area contributed by atoms with Crippen molar-refractivity contribution in [3.63, 3.8) is 0 Å². The standard InChI is InChI=1S/C12H11NO4/c14-9-6-13-10(11(9)15)12(16)17-7-8-4-2-1-3-5-8/h1-5,10,13H,6-7H2. The lowest BCUT2D eigenvalue weighted by molar-refractivity contribution is -0.150. The topological polar surface area (TPSA) is 72.5 Å². The van der Waals surface area contributed by atoms with Gasteiger partial charge in [-0.1, -0.05) is 30.3 Å². The molecule has 1 aromatic rings. The quantitative estimate of drug-likeness (QED) is 0.446. The van der Waals surface area contributed by atoms with E-state index in [4.69, 9.17) is 4.74 Å². The number of nitrogens with one attached hydrogen (secondary N) is 1. The molecule has 0 aromatic heterocycles. The van der Waals surface area contributed by atoms with Gasteiger partial charge in [0.05, 0.1) is 6.54 Å². The fourth-order valence-electron chi connectivity index (χ4n) is 1.54. The maximum Gasteiger partial charge on any atom is 0.331 e. The van der Waals surface area contributed by atoms with Crippen LogP contribution in [0.15, 0.2) is 30.3 Å². The lowest BCUT2D eigenvalue weighted by Crippen LogP contribution is -2.37. The number of ether oxygens (including phenoxy) is 1. The van der Waals surface area contributed by atoms with Crippen LogP contribution in [0.5, 0.6) is 0 Å². The lowest BCUT2D eigenvalue weighted by atomic mass is 10.2. The number of hydrogen-bond acceptors (Lipinski definition) is 5. The summed E-state index contributed by atoms with van der Waals surface area (Å²) in [5.41, 5.74) is 0.831. The van der Waals surface area contributed by atoms with Crippen molar-refractivity contribution >= 4 is 17.5 Å². The molecule has 88 valence electrons. The van der Waals surface area contributed by atoms with Gasteiger partial charge in [0.15, 0.2) is 6.04 Å². The van der Waals surface area contributed by atoms with E-state index in [1.807, 2.05) is 30.3 Å². The number of benzene rings is 1. The van der Waals surface area contributed by atoms with E-state index in [1.54, 1.807) is 0 Å². The first-order chi connectivity index (χ1) is 8.18. The van der Waals surface area contributed by atoms with Crippen LogP contribution in [-0.2, 0) is 25.7 Å². The minimum Gasteiger partial charge on any atom is -0.459 e. The Balaban J connectivity index is 1.90. The highest BCUT2D eigenvalue weighted by Gasteiger charge is 2.38. The number of carbonyl (C=O) groups excluding carboxylic acids is 3. The van der Waals surface area contributed by atoms with Gasteiger partial charge < -0.3 is 4.74 Å². The van der Waals surface area contributed by atoms with Crippen molar-refractivity contribution in [2.75, 3.05) is 6.54 Å². The number of hydrogen-bond donors (Lipinski definition) is 1. The molecule has 1 aliphatic heterocycles. The van der Waals surface area contributed by atoms with Gasteiger partial charge in [0.25, 0.3) is 0 Å². The summed E-state index contributed by atoms with van der Waals surface area (Å²) < 4.78 is 4.96. The predicted molar refractivity (Wildman–Crippen MR) is 58.0 cm³/mol. The molecule has 0 aliphatic carbocycles. The second kappa shape index (κ2) is 4.88. The zero-order valence-electron chi connectivity index (χ0n) is 9.01. The molecule has 17 heavy (non-hydrogen) atoms. The van der Waals surface area contributed by atoms with Gasteiger partial charge in [0.2, 0.25) is 11.6 Å². The molecule has 5 heteroatoms. The third-order valence-electron chi connectivity index (χ3n) is 2.46. The summed E-state index contributed by atoms with van der Waals surface area (Å²) in [6.07, 6.45) is 0. The molecule has 1 atom stereocenters. The van der Waals surface area contributed by atoms with E-state index in [0.717, 1.165) is 5.56 Å². The summed E-state index contributed by atoms with van der Waals surface area (Å²) in [7, 11) is 0. The van der Waals surface area contributed by atoms with Crippen molar-refractivity contribution < 1.29 is 19.1 Å². The highest BCUT2D eigenvalue weighted by Crippen LogP contribution is 2.04. The van der Waals surface area contributed by atoms with Crippen molar-refractivity contribution in [1.29, 1.82) is 0 Å². The SMILES string of the molecule is O=C1CNC(C(=O)OCc2ccccc2)C1=O. The van der Waals surface area contributed by atoms with Crippen LogP contribution >= 0.6 is 0 Å². The summed E-state index contributed by atoms with van der Waals surface area (Å²) in [6, 6.07) is 7.99. The van der Waals surface area contributed by atoms with Crippen LogP contribution in [0, 0.1) is 0 Å². The molecule has 0 radical (unpaired) electrons. The molecule has 0 saturated carbocycles. The molecular formula is C12H11NO4. The van der Waals surface area contributed by atoms with Gasteiger partial charge >= 0.3 is 5.97 Å². The van der Waals surface area contributed by atoms with E-state index in [-0.39, 0.29) is 13.2 Å². The van der Waals surface area contributed by atoms with E-state index in [9.17, 15) is 14.4 Å². The number of carbonyl (C=O) groups is 3. The second-order valence-electron chi connectivity index (χ2n) is 3.69. The van der Waals surface area contributed by atoms with Crippen molar-refractivity contribution in [2.24, 2.45) is 0 Å². The Kier molecular flexibility index (Phi) is 3.30. The maximum absolute atomic E-state index is 11.5. The number of rotatable bonds is 3. The van der Waals surface area contributed by atoms with Crippen LogP contribution in [0.2, 0.25) is 0 Å². The average molecular weight is 233 g/mol. The summed E-state index contributed by atoms with van der Waals surface area (Å²) in [4.78, 5) is 33.7. The zero-order valence-corrected chi connectivity index (χ0v) is 9.01. The van der Waals surface area contributed by atoms with E-state index < -0.39 is 23.6 Å². The molecule has 1 N–H and O–H groups in total. The van der Waals surface area contributed by atoms with Gasteiger partial charge in [0, 0.05) is 0 Å². The minimum absolute atomic E-state index is 0.0933. The smallest absolute Gasteiger partial charge is 0.331 e. The Morgan fingerprint density at radius 1 is 1.29 bits per heavy atom. The monoisotopic (exact) mass is 233 g/mol. The number of ketones is 2. The van der Waals surface area contributed by atoms with Gasteiger partial charge in [0.1, 0.15) is 6.61 Å². The fraction of sp³-hybridized carbons (Fsp3) is 0.250. The van der Waals surface area contributed by atoms with Gasteiger partial charge in [-0.3, -0.25) is 14.9 Å².